The van der Waals surface area contributed by atoms with Gasteiger partial charge in [-0.15, -0.1) is 0 Å². The van der Waals surface area contributed by atoms with Gasteiger partial charge in [-0.1, -0.05) is 33.8 Å². The van der Waals surface area contributed by atoms with Crippen LogP contribution < -0.4 is 5.32 Å². The smallest absolute Gasteiger partial charge is 0.337 e. The van der Waals surface area contributed by atoms with E-state index in [1.165, 1.54) is 7.11 Å². The Kier molecular flexibility index (Phi) is 6.73. The topological polar surface area (TPSA) is 38.3 Å². The lowest BCUT2D eigenvalue weighted by Crippen LogP contribution is -2.24. The molecule has 1 rings (SSSR count). The number of carbonyl (C=O) groups is 1. The first-order chi connectivity index (χ1) is 9.83. The molecule has 3 nitrogen and oxygen atoms in total. The number of rotatable bonds is 7. The minimum atomic E-state index is -0.290. The Morgan fingerprint density at radius 2 is 1.71 bits per heavy atom. The lowest BCUT2D eigenvalue weighted by Gasteiger charge is -2.24. The van der Waals surface area contributed by atoms with Crippen LogP contribution in [0.4, 0.5) is 5.69 Å². The van der Waals surface area contributed by atoms with Gasteiger partial charge in [0.15, 0.2) is 0 Å². The Morgan fingerprint density at radius 3 is 2.19 bits per heavy atom. The predicted octanol–water partition coefficient (Wildman–Crippen LogP) is 4.65. The lowest BCUT2D eigenvalue weighted by molar-refractivity contribution is 0.0601. The van der Waals surface area contributed by atoms with Crippen LogP contribution in [0.15, 0.2) is 18.2 Å². The SMILES string of the molecule is COC(=O)c1ccc(C)c(NC(CC(C)C)CC(C)C)c1. The number of hydrogen-bond donors (Lipinski definition) is 1. The quantitative estimate of drug-likeness (QED) is 0.743. The van der Waals surface area contributed by atoms with Crippen molar-refractivity contribution in [1.82, 2.24) is 0 Å². The third-order valence-corrected chi connectivity index (χ3v) is 3.53. The van der Waals surface area contributed by atoms with Crippen molar-refractivity contribution in [2.45, 2.75) is 53.5 Å². The first-order valence-corrected chi connectivity index (χ1v) is 7.79. The molecule has 1 aromatic carbocycles. The summed E-state index contributed by atoms with van der Waals surface area (Å²) in [6.07, 6.45) is 2.25. The molecule has 3 heteroatoms. The Labute approximate surface area is 129 Å². The number of aryl methyl sites for hydroxylation is 1. The van der Waals surface area contributed by atoms with Crippen LogP contribution in [0.25, 0.3) is 0 Å². The van der Waals surface area contributed by atoms with E-state index < -0.39 is 0 Å². The monoisotopic (exact) mass is 291 g/mol. The fourth-order valence-electron chi connectivity index (χ4n) is 2.59. The van der Waals surface area contributed by atoms with E-state index in [0.29, 0.717) is 23.4 Å². The van der Waals surface area contributed by atoms with Crippen LogP contribution in [0.5, 0.6) is 0 Å². The third-order valence-electron chi connectivity index (χ3n) is 3.53. The Hall–Kier alpha value is -1.51. The van der Waals surface area contributed by atoms with Gasteiger partial charge in [0.25, 0.3) is 0 Å². The van der Waals surface area contributed by atoms with Crippen LogP contribution in [0.1, 0.15) is 56.5 Å². The van der Waals surface area contributed by atoms with E-state index in [1.54, 1.807) is 0 Å². The summed E-state index contributed by atoms with van der Waals surface area (Å²) < 4.78 is 4.80. The summed E-state index contributed by atoms with van der Waals surface area (Å²) in [6.45, 7) is 11.0. The van der Waals surface area contributed by atoms with Crippen molar-refractivity contribution in [3.8, 4) is 0 Å². The van der Waals surface area contributed by atoms with E-state index in [9.17, 15) is 4.79 Å². The minimum absolute atomic E-state index is 0.290. The number of carbonyl (C=O) groups excluding carboxylic acids is 1. The van der Waals surface area contributed by atoms with Crippen LogP contribution in [-0.4, -0.2) is 19.1 Å². The van der Waals surface area contributed by atoms with Gasteiger partial charge in [0, 0.05) is 11.7 Å². The van der Waals surface area contributed by atoms with Crippen molar-refractivity contribution in [1.29, 1.82) is 0 Å². The number of methoxy groups -OCH3 is 1. The van der Waals surface area contributed by atoms with Crippen LogP contribution in [-0.2, 0) is 4.74 Å². The maximum atomic E-state index is 11.7. The largest absolute Gasteiger partial charge is 0.465 e. The zero-order valence-electron chi connectivity index (χ0n) is 14.2. The van der Waals surface area contributed by atoms with Gasteiger partial charge in [0.2, 0.25) is 0 Å². The van der Waals surface area contributed by atoms with Crippen molar-refractivity contribution in [3.63, 3.8) is 0 Å². The van der Waals surface area contributed by atoms with E-state index in [-0.39, 0.29) is 5.97 Å². The van der Waals surface area contributed by atoms with Gasteiger partial charge >= 0.3 is 5.97 Å². The van der Waals surface area contributed by atoms with E-state index in [0.717, 1.165) is 24.1 Å². The first kappa shape index (κ1) is 17.5. The molecule has 21 heavy (non-hydrogen) atoms. The molecule has 0 aromatic heterocycles. The molecule has 0 saturated heterocycles. The van der Waals surface area contributed by atoms with Crippen molar-refractivity contribution in [2.24, 2.45) is 11.8 Å². The summed E-state index contributed by atoms with van der Waals surface area (Å²) in [5.41, 5.74) is 2.78. The second-order valence-electron chi connectivity index (χ2n) is 6.62. The molecule has 0 aliphatic rings. The second kappa shape index (κ2) is 8.06. The minimum Gasteiger partial charge on any atom is -0.465 e. The van der Waals surface area contributed by atoms with Gasteiger partial charge in [0.1, 0.15) is 0 Å². The van der Waals surface area contributed by atoms with Gasteiger partial charge in [-0.3, -0.25) is 0 Å². The highest BCUT2D eigenvalue weighted by atomic mass is 16.5. The molecule has 0 heterocycles. The van der Waals surface area contributed by atoms with Crippen LogP contribution in [0, 0.1) is 18.8 Å². The molecule has 0 aliphatic heterocycles. The molecule has 0 atom stereocenters. The molecular formula is C18H29NO2. The fraction of sp³-hybridized carbons (Fsp3) is 0.611. The molecule has 0 fully saturated rings. The highest BCUT2D eigenvalue weighted by molar-refractivity contribution is 5.90. The molecule has 1 N–H and O–H groups in total. The third kappa shape index (κ3) is 5.78. The summed E-state index contributed by atoms with van der Waals surface area (Å²) >= 11 is 0. The van der Waals surface area contributed by atoms with Gasteiger partial charge in [-0.2, -0.15) is 0 Å². The molecule has 118 valence electrons. The van der Waals surface area contributed by atoms with Gasteiger partial charge in [-0.05, 0) is 49.3 Å². The molecule has 0 radical (unpaired) electrons. The van der Waals surface area contributed by atoms with Crippen molar-refractivity contribution >= 4 is 11.7 Å². The highest BCUT2D eigenvalue weighted by Gasteiger charge is 2.15. The maximum Gasteiger partial charge on any atom is 0.337 e. The Bertz CT molecular complexity index is 456. The van der Waals surface area contributed by atoms with Crippen molar-refractivity contribution in [2.75, 3.05) is 12.4 Å². The highest BCUT2D eigenvalue weighted by Crippen LogP contribution is 2.23. The van der Waals surface area contributed by atoms with E-state index in [2.05, 4.69) is 39.9 Å². The zero-order chi connectivity index (χ0) is 16.0. The number of benzene rings is 1. The average Bonchev–Trinajstić information content (AvgIpc) is 2.38. The fourth-order valence-corrected chi connectivity index (χ4v) is 2.59. The number of hydrogen-bond acceptors (Lipinski definition) is 3. The van der Waals surface area contributed by atoms with Crippen LogP contribution in [0.2, 0.25) is 0 Å². The van der Waals surface area contributed by atoms with Crippen LogP contribution >= 0.6 is 0 Å². The van der Waals surface area contributed by atoms with E-state index in [4.69, 9.17) is 4.74 Å². The molecule has 0 amide bonds. The summed E-state index contributed by atoms with van der Waals surface area (Å²) in [4.78, 5) is 11.7. The molecule has 0 saturated carbocycles. The number of esters is 1. The molecule has 0 bridgehead atoms. The molecule has 0 spiro atoms. The molecule has 0 aliphatic carbocycles. The van der Waals surface area contributed by atoms with Crippen molar-refractivity contribution in [3.05, 3.63) is 29.3 Å². The summed E-state index contributed by atoms with van der Waals surface area (Å²) in [5, 5.41) is 3.62. The molecular weight excluding hydrogens is 262 g/mol. The maximum absolute atomic E-state index is 11.7. The standard InChI is InChI=1S/C18H29NO2/c1-12(2)9-16(10-13(3)4)19-17-11-15(18(20)21-6)8-7-14(17)5/h7-8,11-13,16,19H,9-10H2,1-6H3. The van der Waals surface area contributed by atoms with E-state index >= 15 is 0 Å². The van der Waals surface area contributed by atoms with E-state index in [1.807, 2.05) is 18.2 Å². The summed E-state index contributed by atoms with van der Waals surface area (Å²) in [7, 11) is 1.41. The average molecular weight is 291 g/mol. The van der Waals surface area contributed by atoms with Crippen LogP contribution in [0.3, 0.4) is 0 Å². The molecule has 1 aromatic rings. The number of nitrogens with one attached hydrogen (secondary N) is 1. The Balaban J connectivity index is 2.93. The zero-order valence-corrected chi connectivity index (χ0v) is 14.2. The predicted molar refractivity (Wildman–Crippen MR) is 88.8 cm³/mol. The van der Waals surface area contributed by atoms with Gasteiger partial charge in [-0.25, -0.2) is 4.79 Å². The number of anilines is 1. The second-order valence-corrected chi connectivity index (χ2v) is 6.62. The Morgan fingerprint density at radius 1 is 1.14 bits per heavy atom. The summed E-state index contributed by atoms with van der Waals surface area (Å²) in [6, 6.07) is 6.11. The van der Waals surface area contributed by atoms with Gasteiger partial charge in [0.05, 0.1) is 12.7 Å². The lowest BCUT2D eigenvalue weighted by atomic mass is 9.95. The molecule has 0 unspecified atom stereocenters. The number of ether oxygens (including phenoxy) is 1. The first-order valence-electron chi connectivity index (χ1n) is 7.79. The normalized spacial score (nSPS) is 11.3. The van der Waals surface area contributed by atoms with Gasteiger partial charge < -0.3 is 10.1 Å². The summed E-state index contributed by atoms with van der Waals surface area (Å²) in [5.74, 6) is 0.998. The van der Waals surface area contributed by atoms with Crippen molar-refractivity contribution < 1.29 is 9.53 Å².